The lowest BCUT2D eigenvalue weighted by Gasteiger charge is -2.20. The monoisotopic (exact) mass is 401 g/mol. The Balaban J connectivity index is 2.07. The number of alkyl halides is 2. The van der Waals surface area contributed by atoms with Crippen LogP contribution in [-0.4, -0.2) is 37.8 Å². The molecule has 29 heavy (non-hydrogen) atoms. The summed E-state index contributed by atoms with van der Waals surface area (Å²) in [5.41, 5.74) is 1.71. The molecule has 8 heteroatoms. The summed E-state index contributed by atoms with van der Waals surface area (Å²) in [5, 5.41) is 11.1. The van der Waals surface area contributed by atoms with Gasteiger partial charge in [-0.05, 0) is 42.7 Å². The topological polar surface area (TPSA) is 75.6 Å². The van der Waals surface area contributed by atoms with Gasteiger partial charge in [0.15, 0.2) is 0 Å². The van der Waals surface area contributed by atoms with E-state index >= 15 is 0 Å². The lowest BCUT2D eigenvalue weighted by molar-refractivity contribution is -0.136. The molecule has 0 saturated heterocycles. The fourth-order valence-electron chi connectivity index (χ4n) is 2.70. The van der Waals surface area contributed by atoms with Gasteiger partial charge < -0.3 is 15.2 Å². The standard InChI is InChI=1S/C21H22BF2NO4/c22-16-8-10-17(11-9-16)29-18(2-1-3-19(23)24)14-4-6-15(7-5-14)21(28)25-13-12-20(26)27/h4-11,18-19H,1-3,12-13H2,(H,25,28)(H,26,27). The molecule has 0 aliphatic rings. The van der Waals surface area contributed by atoms with Gasteiger partial charge in [0.2, 0.25) is 6.43 Å². The molecule has 0 spiro atoms. The van der Waals surface area contributed by atoms with E-state index in [2.05, 4.69) is 5.32 Å². The van der Waals surface area contributed by atoms with Crippen LogP contribution in [0.3, 0.4) is 0 Å². The predicted octanol–water partition coefficient (Wildman–Crippen LogP) is 3.24. The van der Waals surface area contributed by atoms with Crippen molar-refractivity contribution < 1.29 is 28.2 Å². The number of ether oxygens (including phenoxy) is 1. The quantitative estimate of drug-likeness (QED) is 0.567. The maximum atomic E-state index is 12.5. The van der Waals surface area contributed by atoms with Crippen molar-refractivity contribution in [3.63, 3.8) is 0 Å². The molecule has 2 aromatic carbocycles. The first kappa shape index (κ1) is 22.4. The molecule has 0 aliphatic carbocycles. The Kier molecular flexibility index (Phi) is 8.64. The molecule has 0 fully saturated rings. The van der Waals surface area contributed by atoms with Crippen molar-refractivity contribution in [2.75, 3.05) is 6.54 Å². The number of carboxylic acid groups (broad SMARTS) is 1. The van der Waals surface area contributed by atoms with E-state index in [1.165, 1.54) is 0 Å². The van der Waals surface area contributed by atoms with Gasteiger partial charge in [-0.15, -0.1) is 0 Å². The maximum Gasteiger partial charge on any atom is 0.305 e. The highest BCUT2D eigenvalue weighted by Gasteiger charge is 2.16. The van der Waals surface area contributed by atoms with E-state index in [1.807, 2.05) is 0 Å². The number of hydrogen-bond acceptors (Lipinski definition) is 3. The summed E-state index contributed by atoms with van der Waals surface area (Å²) < 4.78 is 31.0. The molecule has 152 valence electrons. The van der Waals surface area contributed by atoms with Crippen LogP contribution in [0.1, 0.15) is 47.7 Å². The van der Waals surface area contributed by atoms with Gasteiger partial charge in [0.1, 0.15) is 19.7 Å². The molecule has 2 N–H and O–H groups in total. The summed E-state index contributed by atoms with van der Waals surface area (Å²) in [6.07, 6.45) is -2.53. The minimum Gasteiger partial charge on any atom is -0.486 e. The third-order valence-electron chi connectivity index (χ3n) is 4.22. The largest absolute Gasteiger partial charge is 0.486 e. The van der Waals surface area contributed by atoms with Gasteiger partial charge in [-0.1, -0.05) is 29.7 Å². The van der Waals surface area contributed by atoms with E-state index in [-0.39, 0.29) is 31.7 Å². The Bertz CT molecular complexity index is 797. The van der Waals surface area contributed by atoms with Gasteiger partial charge >= 0.3 is 5.97 Å². The van der Waals surface area contributed by atoms with Crippen molar-refractivity contribution in [1.82, 2.24) is 5.32 Å². The molecule has 0 bridgehead atoms. The minimum atomic E-state index is -2.37. The summed E-state index contributed by atoms with van der Waals surface area (Å²) >= 11 is 0. The van der Waals surface area contributed by atoms with Gasteiger partial charge in [0, 0.05) is 18.5 Å². The summed E-state index contributed by atoms with van der Waals surface area (Å²) in [6, 6.07) is 13.4. The number of carbonyl (C=O) groups is 2. The minimum absolute atomic E-state index is 0.0341. The maximum absolute atomic E-state index is 12.5. The Labute approximate surface area is 169 Å². The van der Waals surface area contributed by atoms with E-state index in [9.17, 15) is 18.4 Å². The molecule has 2 radical (unpaired) electrons. The third kappa shape index (κ3) is 7.93. The zero-order valence-corrected chi connectivity index (χ0v) is 15.8. The van der Waals surface area contributed by atoms with Crippen LogP contribution >= 0.6 is 0 Å². The first-order valence-electron chi connectivity index (χ1n) is 9.25. The normalized spacial score (nSPS) is 11.8. The highest BCUT2D eigenvalue weighted by atomic mass is 19.3. The molecule has 1 unspecified atom stereocenters. The van der Waals surface area contributed by atoms with Gasteiger partial charge in [0.05, 0.1) is 6.42 Å². The molecule has 0 saturated carbocycles. The summed E-state index contributed by atoms with van der Waals surface area (Å²) in [4.78, 5) is 22.6. The Hall–Kier alpha value is -2.90. The molecule has 0 aromatic heterocycles. The highest BCUT2D eigenvalue weighted by Crippen LogP contribution is 2.27. The smallest absolute Gasteiger partial charge is 0.305 e. The van der Waals surface area contributed by atoms with E-state index in [1.54, 1.807) is 48.5 Å². The molecule has 0 heterocycles. The zero-order chi connectivity index (χ0) is 21.2. The van der Waals surface area contributed by atoms with Crippen LogP contribution in [-0.2, 0) is 4.79 Å². The first-order chi connectivity index (χ1) is 13.8. The third-order valence-corrected chi connectivity index (χ3v) is 4.22. The number of carboxylic acids is 1. The number of nitrogens with one attached hydrogen (secondary N) is 1. The average molecular weight is 401 g/mol. The Morgan fingerprint density at radius 3 is 2.28 bits per heavy atom. The number of carbonyl (C=O) groups excluding carboxylic acids is 1. The van der Waals surface area contributed by atoms with Crippen molar-refractivity contribution in [2.45, 2.75) is 38.2 Å². The molecule has 1 atom stereocenters. The number of benzene rings is 2. The summed E-state index contributed by atoms with van der Waals surface area (Å²) in [7, 11) is 5.67. The van der Waals surface area contributed by atoms with E-state index in [0.717, 1.165) is 5.56 Å². The van der Waals surface area contributed by atoms with Crippen molar-refractivity contribution in [2.24, 2.45) is 0 Å². The van der Waals surface area contributed by atoms with Gasteiger partial charge in [0.25, 0.3) is 5.91 Å². The molecular formula is C21H22BF2NO4. The number of hydrogen-bond donors (Lipinski definition) is 2. The SMILES string of the molecule is [B]c1ccc(OC(CCCC(F)F)c2ccc(C(=O)NCCC(=O)O)cc2)cc1. The van der Waals surface area contributed by atoms with Crippen molar-refractivity contribution in [1.29, 1.82) is 0 Å². The Morgan fingerprint density at radius 2 is 1.69 bits per heavy atom. The zero-order valence-electron chi connectivity index (χ0n) is 15.8. The van der Waals surface area contributed by atoms with E-state index < -0.39 is 18.5 Å². The number of halogens is 2. The summed E-state index contributed by atoms with van der Waals surface area (Å²) in [6.45, 7) is 0.0341. The van der Waals surface area contributed by atoms with Gasteiger partial charge in [-0.2, -0.15) is 0 Å². The second-order valence-electron chi connectivity index (χ2n) is 6.52. The van der Waals surface area contributed by atoms with Crippen LogP contribution in [0.5, 0.6) is 5.75 Å². The Morgan fingerprint density at radius 1 is 1.03 bits per heavy atom. The molecular weight excluding hydrogens is 379 g/mol. The number of rotatable bonds is 11. The fraction of sp³-hybridized carbons (Fsp3) is 0.333. The van der Waals surface area contributed by atoms with Crippen LogP contribution < -0.4 is 15.5 Å². The number of aliphatic carboxylic acids is 1. The van der Waals surface area contributed by atoms with Crippen LogP contribution in [0.25, 0.3) is 0 Å². The van der Waals surface area contributed by atoms with Gasteiger partial charge in [-0.3, -0.25) is 9.59 Å². The van der Waals surface area contributed by atoms with Crippen molar-refractivity contribution in [3.05, 3.63) is 59.7 Å². The van der Waals surface area contributed by atoms with Crippen molar-refractivity contribution in [3.8, 4) is 5.75 Å². The second kappa shape index (κ2) is 11.2. The van der Waals surface area contributed by atoms with Crippen LogP contribution in [0.15, 0.2) is 48.5 Å². The number of amides is 1. The van der Waals surface area contributed by atoms with Crippen molar-refractivity contribution >= 4 is 25.2 Å². The van der Waals surface area contributed by atoms with E-state index in [0.29, 0.717) is 23.2 Å². The van der Waals surface area contributed by atoms with Gasteiger partial charge in [-0.25, -0.2) is 8.78 Å². The predicted molar refractivity (Wildman–Crippen MR) is 106 cm³/mol. The first-order valence-corrected chi connectivity index (χ1v) is 9.25. The lowest BCUT2D eigenvalue weighted by atomic mass is 9.96. The second-order valence-corrected chi connectivity index (χ2v) is 6.52. The van der Waals surface area contributed by atoms with Crippen LogP contribution in [0, 0.1) is 0 Å². The van der Waals surface area contributed by atoms with E-state index in [4.69, 9.17) is 17.7 Å². The molecule has 1 amide bonds. The molecule has 2 aromatic rings. The molecule has 0 aliphatic heterocycles. The highest BCUT2D eigenvalue weighted by molar-refractivity contribution is 6.32. The fourth-order valence-corrected chi connectivity index (χ4v) is 2.70. The molecule has 5 nitrogen and oxygen atoms in total. The lowest BCUT2D eigenvalue weighted by Crippen LogP contribution is -2.26. The average Bonchev–Trinajstić information content (AvgIpc) is 2.68. The van der Waals surface area contributed by atoms with Crippen LogP contribution in [0.2, 0.25) is 0 Å². The molecule has 2 rings (SSSR count). The van der Waals surface area contributed by atoms with Crippen LogP contribution in [0.4, 0.5) is 8.78 Å². The summed E-state index contributed by atoms with van der Waals surface area (Å²) in [5.74, 6) is -0.810.